The Labute approximate surface area is 351 Å². The van der Waals surface area contributed by atoms with Gasteiger partial charge in [-0.1, -0.05) is 18.9 Å². The van der Waals surface area contributed by atoms with Gasteiger partial charge in [-0.3, -0.25) is 9.59 Å². The number of methoxy groups -OCH3 is 2. The van der Waals surface area contributed by atoms with Gasteiger partial charge in [0.05, 0.1) is 31.3 Å². The van der Waals surface area contributed by atoms with E-state index < -0.39 is 53.3 Å². The average molecular weight is 899 g/mol. The van der Waals surface area contributed by atoms with Crippen molar-refractivity contribution >= 4 is 57.5 Å². The summed E-state index contributed by atoms with van der Waals surface area (Å²) >= 11 is 0. The van der Waals surface area contributed by atoms with Gasteiger partial charge in [-0.2, -0.15) is 13.2 Å². The fourth-order valence-electron chi connectivity index (χ4n) is 7.31. The fourth-order valence-corrected chi connectivity index (χ4v) is 7.31. The topological polar surface area (TPSA) is 168 Å². The van der Waals surface area contributed by atoms with Crippen molar-refractivity contribution in [2.75, 3.05) is 32.2 Å². The number of alkyl halides is 3. The number of fused-ring (bicyclic) bond motifs is 5. The molecule has 2 atom stereocenters. The van der Waals surface area contributed by atoms with Gasteiger partial charge in [0.1, 0.15) is 22.7 Å². The number of ether oxygens (including phenoxy) is 3. The molecule has 8 rings (SSSR count). The quantitative estimate of drug-likeness (QED) is 0.0917. The van der Waals surface area contributed by atoms with E-state index in [-0.39, 0.29) is 87.6 Å². The third-order valence-corrected chi connectivity index (χ3v) is 10.2. The summed E-state index contributed by atoms with van der Waals surface area (Å²) < 4.78 is 64.5. The Morgan fingerprint density at radius 1 is 1.07 bits per heavy atom. The van der Waals surface area contributed by atoms with Crippen LogP contribution in [-0.2, 0) is 17.3 Å². The van der Waals surface area contributed by atoms with E-state index in [1.165, 1.54) is 18.1 Å². The molecule has 1 saturated carbocycles. The van der Waals surface area contributed by atoms with E-state index in [1.54, 1.807) is 42.5 Å². The van der Waals surface area contributed by atoms with Crippen LogP contribution < -0.4 is 25.0 Å². The van der Waals surface area contributed by atoms with Crippen molar-refractivity contribution in [3.63, 3.8) is 0 Å². The second kappa shape index (κ2) is 15.3. The maximum absolute atomic E-state index is 14.4. The van der Waals surface area contributed by atoms with Gasteiger partial charge >= 0.3 is 18.2 Å². The third-order valence-electron chi connectivity index (χ3n) is 10.2. The van der Waals surface area contributed by atoms with Crippen LogP contribution in [0, 0.1) is 54.6 Å². The van der Waals surface area contributed by atoms with Gasteiger partial charge in [0, 0.05) is 89.1 Å². The molecule has 4 N–H and O–H groups in total. The Hall–Kier alpha value is -4.81. The first kappa shape index (κ1) is 39.4. The number of benzene rings is 2. The van der Waals surface area contributed by atoms with E-state index >= 15 is 0 Å². The van der Waals surface area contributed by atoms with Gasteiger partial charge in [-0.15, -0.1) is 5.92 Å². The van der Waals surface area contributed by atoms with Gasteiger partial charge in [-0.05, 0) is 60.2 Å². The first-order chi connectivity index (χ1) is 26.3. The standard InChI is InChI=1S/C39H35F3N5O8.Ce/c1-18-17-47(36(49)25-13-21-12-22(7-9-24(21)45-25)44-35(48)29-14-20-6-8-23(52-2)15-27(20)54-29)26-16-28(55-38(51)43-11-10-19-4-5-19)33-31(30(18)26)32(37(50)53-3)34(46-33)39(40,41)42;/h6-9,13-16,18-19,22,45-46H,1,4-5,10-12,17H2,2-3H3,(H,43,51)(H,44,48);/q-1;. The molecule has 0 bridgehead atoms. The molecule has 13 nitrogen and oxygen atoms in total. The van der Waals surface area contributed by atoms with Crippen molar-refractivity contribution in [2.45, 2.75) is 43.8 Å². The van der Waals surface area contributed by atoms with Crippen LogP contribution in [0.5, 0.6) is 11.5 Å². The summed E-state index contributed by atoms with van der Waals surface area (Å²) in [6, 6.07) is 9.39. The second-order valence-corrected chi connectivity index (χ2v) is 13.9. The molecule has 1 aliphatic heterocycles. The number of amides is 3. The van der Waals surface area contributed by atoms with Gasteiger partial charge in [0.25, 0.3) is 11.8 Å². The molecule has 0 spiro atoms. The van der Waals surface area contributed by atoms with Crippen molar-refractivity contribution in [2.24, 2.45) is 5.92 Å². The predicted octanol–water partition coefficient (Wildman–Crippen LogP) is 6.89. The third kappa shape index (κ3) is 7.41. The van der Waals surface area contributed by atoms with Crippen LogP contribution >= 0.6 is 0 Å². The SMILES string of the molecule is [CH2-]C1CN(C(=O)c2cc3c([nH]2)C=CC(NC(=O)c2cc4ccc(OC)cc4o2)C3)c2cc(OC(=O)NCCC3CC3)c3[nH]c(C(F)(F)F)c(C(=O)OC)c3c21.[Ce]. The number of esters is 1. The molecule has 0 saturated heterocycles. The molecule has 4 heterocycles. The Balaban J connectivity index is 0.00000480. The largest absolute Gasteiger partial charge is 0.497 e. The van der Waals surface area contributed by atoms with E-state index in [0.29, 0.717) is 35.9 Å². The molecule has 17 heteroatoms. The zero-order chi connectivity index (χ0) is 38.8. The number of furan rings is 1. The number of carbonyl (C=O) groups excluding carboxylic acids is 4. The van der Waals surface area contributed by atoms with E-state index in [9.17, 15) is 32.3 Å². The smallest absolute Gasteiger partial charge is 0.432 e. The number of rotatable bonds is 9. The molecule has 3 amide bonds. The van der Waals surface area contributed by atoms with Crippen molar-refractivity contribution in [3.8, 4) is 11.5 Å². The number of H-pyrrole nitrogens is 2. The molecular weight excluding hydrogens is 864 g/mol. The molecule has 1 fully saturated rings. The number of hydrogen-bond donors (Lipinski definition) is 4. The molecule has 2 aliphatic carbocycles. The summed E-state index contributed by atoms with van der Waals surface area (Å²) in [5.41, 5.74) is -0.136. The Bertz CT molecular complexity index is 2430. The molecule has 56 heavy (non-hydrogen) atoms. The number of hydrogen-bond acceptors (Lipinski definition) is 8. The number of halogens is 3. The number of aromatic amines is 2. The predicted molar refractivity (Wildman–Crippen MR) is 193 cm³/mol. The zero-order valence-corrected chi connectivity index (χ0v) is 33.3. The van der Waals surface area contributed by atoms with E-state index in [1.807, 2.05) is 0 Å². The van der Waals surface area contributed by atoms with Crippen molar-refractivity contribution < 1.29 is 92.7 Å². The average Bonchev–Trinajstić information content (AvgIpc) is 3.45. The number of aromatic nitrogens is 2. The molecule has 3 aliphatic rings. The number of nitrogens with zero attached hydrogens (tertiary/aromatic N) is 1. The van der Waals surface area contributed by atoms with Crippen LogP contribution in [0.2, 0.25) is 0 Å². The molecule has 2 unspecified atom stereocenters. The van der Waals surface area contributed by atoms with E-state index in [0.717, 1.165) is 37.3 Å². The van der Waals surface area contributed by atoms with E-state index in [4.69, 9.17) is 18.6 Å². The zero-order valence-electron chi connectivity index (χ0n) is 30.1. The number of anilines is 1. The molecule has 5 aromatic rings. The van der Waals surface area contributed by atoms with Gasteiger partial charge < -0.3 is 51.1 Å². The van der Waals surface area contributed by atoms with Gasteiger partial charge in [-0.25, -0.2) is 9.59 Å². The van der Waals surface area contributed by atoms with Crippen LogP contribution in [0.3, 0.4) is 0 Å². The van der Waals surface area contributed by atoms with Crippen molar-refractivity contribution in [3.05, 3.63) is 88.9 Å². The summed E-state index contributed by atoms with van der Waals surface area (Å²) in [7, 11) is 2.49. The summed E-state index contributed by atoms with van der Waals surface area (Å²) in [4.78, 5) is 59.9. The van der Waals surface area contributed by atoms with Crippen LogP contribution in [-0.4, -0.2) is 67.2 Å². The van der Waals surface area contributed by atoms with Crippen LogP contribution in [0.1, 0.15) is 79.1 Å². The minimum Gasteiger partial charge on any atom is -0.497 e. The van der Waals surface area contributed by atoms with Gasteiger partial charge in [0.2, 0.25) is 0 Å². The molecule has 290 valence electrons. The van der Waals surface area contributed by atoms with Crippen molar-refractivity contribution in [1.82, 2.24) is 20.6 Å². The van der Waals surface area contributed by atoms with Crippen LogP contribution in [0.15, 0.2) is 46.9 Å². The first-order valence-corrected chi connectivity index (χ1v) is 17.6. The molecular formula is C39H35CeF3N5O8-. The normalized spacial score (nSPS) is 17.3. The first-order valence-electron chi connectivity index (χ1n) is 17.6. The molecule has 2 aromatic carbocycles. The minimum absolute atomic E-state index is 0. The fraction of sp³-hybridized carbons (Fsp3) is 0.308. The van der Waals surface area contributed by atoms with Crippen LogP contribution in [0.4, 0.5) is 23.7 Å². The Morgan fingerprint density at radius 3 is 2.57 bits per heavy atom. The number of carbonyl (C=O) groups is 4. The molecule has 0 radical (unpaired) electrons. The maximum atomic E-state index is 14.4. The molecule has 3 aromatic heterocycles. The van der Waals surface area contributed by atoms with Gasteiger partial charge in [0.15, 0.2) is 11.5 Å². The number of nitrogens with one attached hydrogen (secondary N) is 4. The summed E-state index contributed by atoms with van der Waals surface area (Å²) in [6.07, 6.45) is 0.796. The summed E-state index contributed by atoms with van der Waals surface area (Å²) in [5.74, 6) is -2.13. The second-order valence-electron chi connectivity index (χ2n) is 13.9. The minimum atomic E-state index is -5.02. The Kier molecular flexibility index (Phi) is 10.7. The maximum Gasteiger partial charge on any atom is 0.432 e. The summed E-state index contributed by atoms with van der Waals surface area (Å²) in [6.45, 7) is 4.37. The monoisotopic (exact) mass is 898 g/mol. The summed E-state index contributed by atoms with van der Waals surface area (Å²) in [5, 5.41) is 6.09. The van der Waals surface area contributed by atoms with E-state index in [2.05, 4.69) is 27.5 Å². The van der Waals surface area contributed by atoms with Crippen molar-refractivity contribution in [1.29, 1.82) is 0 Å². The van der Waals surface area contributed by atoms with Crippen LogP contribution in [0.25, 0.3) is 27.9 Å². The Morgan fingerprint density at radius 2 is 1.86 bits per heavy atom.